The summed E-state index contributed by atoms with van der Waals surface area (Å²) in [5.74, 6) is 0. The molecule has 0 aliphatic carbocycles. The molecule has 0 spiro atoms. The van der Waals surface area contributed by atoms with Gasteiger partial charge in [-0.1, -0.05) is 127 Å². The van der Waals surface area contributed by atoms with E-state index in [0.717, 1.165) is 67.0 Å². The number of fused-ring (bicyclic) bond motifs is 6. The van der Waals surface area contributed by atoms with Gasteiger partial charge in [0.25, 0.3) is 0 Å². The lowest BCUT2D eigenvalue weighted by atomic mass is 9.98. The van der Waals surface area contributed by atoms with E-state index in [-0.39, 0.29) is 0 Å². The highest BCUT2D eigenvalue weighted by Crippen LogP contribution is 2.41. The molecule has 0 radical (unpaired) electrons. The van der Waals surface area contributed by atoms with Gasteiger partial charge in [0.05, 0.1) is 39.0 Å². The highest BCUT2D eigenvalue weighted by Gasteiger charge is 2.19. The van der Waals surface area contributed by atoms with Gasteiger partial charge in [0.15, 0.2) is 0 Å². The fourth-order valence-corrected chi connectivity index (χ4v) is 8.41. The number of hydrogen-bond donors (Lipinski definition) is 0. The molecule has 0 unspecified atom stereocenters. The lowest BCUT2D eigenvalue weighted by molar-refractivity contribution is 1.17. The van der Waals surface area contributed by atoms with E-state index in [1.54, 1.807) is 0 Å². The molecule has 4 aromatic heterocycles. The molecule has 4 nitrogen and oxygen atoms in total. The van der Waals surface area contributed by atoms with Crippen molar-refractivity contribution >= 4 is 43.7 Å². The van der Waals surface area contributed by atoms with E-state index in [9.17, 15) is 0 Å². The molecule has 56 heavy (non-hydrogen) atoms. The van der Waals surface area contributed by atoms with Crippen molar-refractivity contribution in [3.05, 3.63) is 206 Å². The highest BCUT2D eigenvalue weighted by molar-refractivity contribution is 6.17. The Morgan fingerprint density at radius 3 is 1.66 bits per heavy atom. The first-order valence-corrected chi connectivity index (χ1v) is 19.0. The number of hydrogen-bond acceptors (Lipinski definition) is 2. The van der Waals surface area contributed by atoms with Crippen LogP contribution >= 0.6 is 0 Å². The zero-order valence-electron chi connectivity index (χ0n) is 30.4. The van der Waals surface area contributed by atoms with Crippen LogP contribution in [0.1, 0.15) is 0 Å². The lowest BCUT2D eigenvalue weighted by Crippen LogP contribution is -1.95. The van der Waals surface area contributed by atoms with Gasteiger partial charge in [0.2, 0.25) is 0 Å². The average molecular weight is 715 g/mol. The summed E-state index contributed by atoms with van der Waals surface area (Å²) >= 11 is 0. The second-order valence-electron chi connectivity index (χ2n) is 14.2. The third-order valence-electron chi connectivity index (χ3n) is 11.0. The first-order valence-electron chi connectivity index (χ1n) is 19.0. The van der Waals surface area contributed by atoms with Crippen molar-refractivity contribution in [2.75, 3.05) is 0 Å². The number of rotatable bonds is 6. The van der Waals surface area contributed by atoms with Crippen LogP contribution in [0.15, 0.2) is 206 Å². The molecule has 0 aliphatic rings. The van der Waals surface area contributed by atoms with Gasteiger partial charge in [-0.25, -0.2) is 4.98 Å². The van der Waals surface area contributed by atoms with Gasteiger partial charge < -0.3 is 9.13 Å². The molecular weight excluding hydrogens is 681 g/mol. The molecule has 11 aromatic rings. The van der Waals surface area contributed by atoms with Crippen LogP contribution in [-0.2, 0) is 0 Å². The van der Waals surface area contributed by atoms with E-state index >= 15 is 0 Å². The van der Waals surface area contributed by atoms with Crippen molar-refractivity contribution in [1.29, 1.82) is 0 Å². The highest BCUT2D eigenvalue weighted by atomic mass is 15.0. The molecule has 4 heterocycles. The molecule has 0 atom stereocenters. The summed E-state index contributed by atoms with van der Waals surface area (Å²) in [5.41, 5.74) is 16.6. The summed E-state index contributed by atoms with van der Waals surface area (Å²) in [6, 6.07) is 71.3. The predicted molar refractivity (Wildman–Crippen MR) is 232 cm³/mol. The second-order valence-corrected chi connectivity index (χ2v) is 14.2. The Morgan fingerprint density at radius 1 is 0.339 bits per heavy atom. The van der Waals surface area contributed by atoms with Crippen LogP contribution in [0.5, 0.6) is 0 Å². The number of para-hydroxylation sites is 2. The summed E-state index contributed by atoms with van der Waals surface area (Å²) in [7, 11) is 0. The standard InChI is InChI=1S/C52H34N4/c1-4-14-36(15-5-1)45-32-39(33-46(54-45)37-16-6-2-7-17-37)35-25-28-41(29-26-35)55-47-22-11-10-20-43(47)51-42(21-12-23-48(51)55)38-27-30-44-50(34-38)56(40-18-8-3-9-19-40)49-24-13-31-53-52(44)49/h1-34H. The zero-order valence-corrected chi connectivity index (χ0v) is 30.4. The van der Waals surface area contributed by atoms with Gasteiger partial charge in [-0.05, 0) is 95.1 Å². The Bertz CT molecular complexity index is 3160. The van der Waals surface area contributed by atoms with E-state index in [1.807, 2.05) is 24.4 Å². The number of aromatic nitrogens is 4. The van der Waals surface area contributed by atoms with Crippen LogP contribution in [0.25, 0.3) is 99.9 Å². The smallest absolute Gasteiger partial charge is 0.0963 e. The molecule has 0 aliphatic heterocycles. The third-order valence-corrected chi connectivity index (χ3v) is 11.0. The van der Waals surface area contributed by atoms with Crippen LogP contribution in [0.3, 0.4) is 0 Å². The molecule has 7 aromatic carbocycles. The molecule has 0 bridgehead atoms. The average Bonchev–Trinajstić information content (AvgIpc) is 3.80. The van der Waals surface area contributed by atoms with Gasteiger partial charge in [-0.3, -0.25) is 4.98 Å². The van der Waals surface area contributed by atoms with Crippen LogP contribution in [0, 0.1) is 0 Å². The maximum absolute atomic E-state index is 5.10. The minimum atomic E-state index is 0.958. The third kappa shape index (κ3) is 5.23. The number of pyridine rings is 2. The molecule has 11 rings (SSSR count). The van der Waals surface area contributed by atoms with Crippen LogP contribution in [0.4, 0.5) is 0 Å². The van der Waals surface area contributed by atoms with Gasteiger partial charge >= 0.3 is 0 Å². The van der Waals surface area contributed by atoms with Crippen molar-refractivity contribution in [2.45, 2.75) is 0 Å². The van der Waals surface area contributed by atoms with Crippen LogP contribution < -0.4 is 0 Å². The summed E-state index contributed by atoms with van der Waals surface area (Å²) in [4.78, 5) is 9.92. The monoisotopic (exact) mass is 714 g/mol. The van der Waals surface area contributed by atoms with Crippen LogP contribution in [0.2, 0.25) is 0 Å². The molecule has 0 saturated carbocycles. The van der Waals surface area contributed by atoms with Crippen molar-refractivity contribution in [3.8, 4) is 56.1 Å². The van der Waals surface area contributed by atoms with E-state index in [0.29, 0.717) is 0 Å². The van der Waals surface area contributed by atoms with Gasteiger partial charge in [0, 0.05) is 44.9 Å². The van der Waals surface area contributed by atoms with Gasteiger partial charge in [-0.15, -0.1) is 0 Å². The van der Waals surface area contributed by atoms with Gasteiger partial charge in [0.1, 0.15) is 0 Å². The fourth-order valence-electron chi connectivity index (χ4n) is 8.41. The molecule has 0 fully saturated rings. The SMILES string of the molecule is c1ccc(-c2cc(-c3ccc(-n4c5ccccc5c5c(-c6ccc7c8ncccc8n(-c8ccccc8)c7c6)cccc54)cc3)cc(-c3ccccc3)n2)cc1. The summed E-state index contributed by atoms with van der Waals surface area (Å²) in [5, 5.41) is 3.60. The first kappa shape index (κ1) is 31.9. The Kier molecular flexibility index (Phi) is 7.46. The number of benzene rings is 7. The minimum Gasteiger partial charge on any atom is -0.309 e. The minimum absolute atomic E-state index is 0.958. The van der Waals surface area contributed by atoms with Crippen molar-refractivity contribution in [1.82, 2.24) is 19.1 Å². The fraction of sp³-hybridized carbons (Fsp3) is 0. The predicted octanol–water partition coefficient (Wildman–Crippen LogP) is 13.3. The molecule has 262 valence electrons. The topological polar surface area (TPSA) is 35.6 Å². The summed E-state index contributed by atoms with van der Waals surface area (Å²) in [6.45, 7) is 0. The van der Waals surface area contributed by atoms with E-state index < -0.39 is 0 Å². The molecule has 0 N–H and O–H groups in total. The Labute approximate surface area is 324 Å². The summed E-state index contributed by atoms with van der Waals surface area (Å²) < 4.78 is 4.74. The van der Waals surface area contributed by atoms with Gasteiger partial charge in [-0.2, -0.15) is 0 Å². The summed E-state index contributed by atoms with van der Waals surface area (Å²) in [6.07, 6.45) is 1.88. The Hall–Kier alpha value is -7.56. The zero-order chi connectivity index (χ0) is 37.0. The molecular formula is C52H34N4. The quantitative estimate of drug-likeness (QED) is 0.172. The van der Waals surface area contributed by atoms with E-state index in [1.165, 1.54) is 32.9 Å². The lowest BCUT2D eigenvalue weighted by Gasteiger charge is -2.12. The maximum Gasteiger partial charge on any atom is 0.0963 e. The maximum atomic E-state index is 5.10. The molecule has 0 saturated heterocycles. The van der Waals surface area contributed by atoms with Crippen molar-refractivity contribution in [3.63, 3.8) is 0 Å². The normalized spacial score (nSPS) is 11.6. The molecule has 0 amide bonds. The van der Waals surface area contributed by atoms with Crippen molar-refractivity contribution in [2.24, 2.45) is 0 Å². The first-order chi connectivity index (χ1) is 27.8. The molecule has 4 heteroatoms. The number of nitrogens with zero attached hydrogens (tertiary/aromatic N) is 4. The Morgan fingerprint density at radius 2 is 0.929 bits per heavy atom. The van der Waals surface area contributed by atoms with Crippen molar-refractivity contribution < 1.29 is 0 Å². The van der Waals surface area contributed by atoms with Crippen LogP contribution in [-0.4, -0.2) is 19.1 Å². The Balaban J connectivity index is 1.06. The van der Waals surface area contributed by atoms with E-state index in [2.05, 4.69) is 191 Å². The second kappa shape index (κ2) is 13.1. The van der Waals surface area contributed by atoms with E-state index in [4.69, 9.17) is 9.97 Å². The largest absolute Gasteiger partial charge is 0.309 e.